The van der Waals surface area contributed by atoms with E-state index in [1.807, 2.05) is 30.5 Å². The second-order valence-corrected chi connectivity index (χ2v) is 6.23. The zero-order valence-electron chi connectivity index (χ0n) is 13.1. The molecule has 0 saturated carbocycles. The Bertz CT molecular complexity index is 654. The Kier molecular flexibility index (Phi) is 5.31. The lowest BCUT2D eigenvalue weighted by molar-refractivity contribution is -0.114. The number of nitrogens with zero attached hydrogens (tertiary/aromatic N) is 4. The Balaban J connectivity index is 2.47. The van der Waals surface area contributed by atoms with Crippen molar-refractivity contribution in [3.05, 3.63) is 35.9 Å². The van der Waals surface area contributed by atoms with Crippen molar-refractivity contribution in [3.63, 3.8) is 0 Å². The van der Waals surface area contributed by atoms with Crippen molar-refractivity contribution in [2.75, 3.05) is 19.8 Å². The van der Waals surface area contributed by atoms with Gasteiger partial charge in [-0.15, -0.1) is 10.2 Å². The first-order chi connectivity index (χ1) is 10.4. The molecule has 0 saturated heterocycles. The number of hydrogen-bond acceptors (Lipinski definition) is 5. The lowest BCUT2D eigenvalue weighted by Crippen LogP contribution is -2.20. The van der Waals surface area contributed by atoms with Gasteiger partial charge in [0.25, 0.3) is 0 Å². The first kappa shape index (κ1) is 16.6. The average molecular weight is 322 g/mol. The van der Waals surface area contributed by atoms with Crippen LogP contribution in [-0.2, 0) is 4.79 Å². The fraction of sp³-hybridized carbons (Fsp3) is 0.400. The topological polar surface area (TPSA) is 51.0 Å². The highest BCUT2D eigenvalue weighted by atomic mass is 32.2. The maximum atomic E-state index is 13.2. The molecule has 22 heavy (non-hydrogen) atoms. The minimum Gasteiger partial charge on any atom is -0.300 e. The molecule has 2 aromatic rings. The van der Waals surface area contributed by atoms with E-state index in [1.165, 1.54) is 30.8 Å². The molecular formula is C15H19FN4OS. The van der Waals surface area contributed by atoms with E-state index >= 15 is 0 Å². The zero-order chi connectivity index (χ0) is 16.3. The van der Waals surface area contributed by atoms with E-state index < -0.39 is 0 Å². The quantitative estimate of drug-likeness (QED) is 0.765. The van der Waals surface area contributed by atoms with Gasteiger partial charge in [-0.05, 0) is 52.2 Å². The summed E-state index contributed by atoms with van der Waals surface area (Å²) in [6.45, 7) is 3.55. The molecular weight excluding hydrogens is 303 g/mol. The standard InChI is InChI=1S/C15H19FN4OS/c1-10(21)9-22-15-18-17-14(11(2)19(3)4)20(15)13-7-5-12(16)6-8-13/h5-8,11H,9H2,1-4H3/t11-/m0/s1. The van der Waals surface area contributed by atoms with Crippen LogP contribution in [0.25, 0.3) is 5.69 Å². The van der Waals surface area contributed by atoms with E-state index in [2.05, 4.69) is 10.2 Å². The highest BCUT2D eigenvalue weighted by Gasteiger charge is 2.21. The fourth-order valence-corrected chi connectivity index (χ4v) is 2.63. The molecule has 0 aliphatic heterocycles. The lowest BCUT2D eigenvalue weighted by Gasteiger charge is -2.20. The SMILES string of the molecule is CC(=O)CSc1nnc([C@H](C)N(C)C)n1-c1ccc(F)cc1. The minimum atomic E-state index is -0.294. The molecule has 0 aliphatic rings. The van der Waals surface area contributed by atoms with E-state index in [0.717, 1.165) is 11.5 Å². The number of aromatic nitrogens is 3. The number of benzene rings is 1. The maximum absolute atomic E-state index is 13.2. The van der Waals surface area contributed by atoms with Crippen LogP contribution < -0.4 is 0 Å². The van der Waals surface area contributed by atoms with Gasteiger partial charge >= 0.3 is 0 Å². The Morgan fingerprint density at radius 3 is 2.50 bits per heavy atom. The molecule has 7 heteroatoms. The number of Topliss-reactive ketones (excluding diaryl/α,β-unsaturated/α-hetero) is 1. The highest BCUT2D eigenvalue weighted by molar-refractivity contribution is 7.99. The van der Waals surface area contributed by atoms with Gasteiger partial charge in [-0.25, -0.2) is 4.39 Å². The predicted octanol–water partition coefficient (Wildman–Crippen LogP) is 2.71. The van der Waals surface area contributed by atoms with E-state index in [4.69, 9.17) is 0 Å². The molecule has 1 aromatic heterocycles. The predicted molar refractivity (Wildman–Crippen MR) is 84.8 cm³/mol. The lowest BCUT2D eigenvalue weighted by atomic mass is 10.2. The molecule has 0 N–H and O–H groups in total. The number of carbonyl (C=O) groups is 1. The summed E-state index contributed by atoms with van der Waals surface area (Å²) in [6.07, 6.45) is 0. The van der Waals surface area contributed by atoms with E-state index in [9.17, 15) is 9.18 Å². The Labute approximate surface area is 133 Å². The van der Waals surface area contributed by atoms with Crippen molar-refractivity contribution < 1.29 is 9.18 Å². The molecule has 1 heterocycles. The second-order valence-electron chi connectivity index (χ2n) is 5.28. The zero-order valence-corrected chi connectivity index (χ0v) is 13.9. The third-order valence-electron chi connectivity index (χ3n) is 3.30. The van der Waals surface area contributed by atoms with Gasteiger partial charge in [0.1, 0.15) is 11.6 Å². The second kappa shape index (κ2) is 7.02. The minimum absolute atomic E-state index is 0.0317. The Morgan fingerprint density at radius 2 is 1.95 bits per heavy atom. The van der Waals surface area contributed by atoms with Crippen LogP contribution in [-0.4, -0.2) is 45.3 Å². The molecule has 1 aromatic carbocycles. The maximum Gasteiger partial charge on any atom is 0.196 e. The van der Waals surface area contributed by atoms with Crippen LogP contribution in [0.5, 0.6) is 0 Å². The first-order valence-corrected chi connectivity index (χ1v) is 7.88. The van der Waals surface area contributed by atoms with Crippen molar-refractivity contribution >= 4 is 17.5 Å². The van der Waals surface area contributed by atoms with Gasteiger partial charge in [0, 0.05) is 5.69 Å². The van der Waals surface area contributed by atoms with Crippen LogP contribution in [0.15, 0.2) is 29.4 Å². The fourth-order valence-electron chi connectivity index (χ4n) is 1.88. The molecule has 0 aliphatic carbocycles. The third-order valence-corrected chi connectivity index (χ3v) is 4.37. The third kappa shape index (κ3) is 3.72. The summed E-state index contributed by atoms with van der Waals surface area (Å²) in [7, 11) is 3.91. The average Bonchev–Trinajstić information content (AvgIpc) is 2.88. The number of carbonyl (C=O) groups excluding carboxylic acids is 1. The number of halogens is 1. The van der Waals surface area contributed by atoms with Gasteiger partial charge in [0.05, 0.1) is 11.8 Å². The molecule has 0 unspecified atom stereocenters. The van der Waals surface area contributed by atoms with E-state index in [0.29, 0.717) is 10.9 Å². The monoisotopic (exact) mass is 322 g/mol. The van der Waals surface area contributed by atoms with Crippen LogP contribution in [0, 0.1) is 5.82 Å². The number of ketones is 1. The molecule has 0 radical (unpaired) electrons. The molecule has 2 rings (SSSR count). The summed E-state index contributed by atoms with van der Waals surface area (Å²) in [5, 5.41) is 9.08. The summed E-state index contributed by atoms with van der Waals surface area (Å²) in [5.74, 6) is 0.857. The van der Waals surface area contributed by atoms with Crippen LogP contribution in [0.4, 0.5) is 4.39 Å². The van der Waals surface area contributed by atoms with Crippen molar-refractivity contribution in [2.24, 2.45) is 0 Å². The van der Waals surface area contributed by atoms with Crippen LogP contribution in [0.2, 0.25) is 0 Å². The van der Waals surface area contributed by atoms with Crippen molar-refractivity contribution in [3.8, 4) is 5.69 Å². The van der Waals surface area contributed by atoms with E-state index in [-0.39, 0.29) is 17.6 Å². The summed E-state index contributed by atoms with van der Waals surface area (Å²) < 4.78 is 15.0. The van der Waals surface area contributed by atoms with Gasteiger partial charge < -0.3 is 0 Å². The van der Waals surface area contributed by atoms with Crippen LogP contribution in [0.1, 0.15) is 25.7 Å². The van der Waals surface area contributed by atoms with Crippen LogP contribution in [0.3, 0.4) is 0 Å². The molecule has 5 nitrogen and oxygen atoms in total. The molecule has 0 spiro atoms. The summed E-state index contributed by atoms with van der Waals surface area (Å²) in [4.78, 5) is 13.2. The van der Waals surface area contributed by atoms with Crippen molar-refractivity contribution in [1.29, 1.82) is 0 Å². The normalized spacial score (nSPS) is 12.6. The highest BCUT2D eigenvalue weighted by Crippen LogP contribution is 2.26. The summed E-state index contributed by atoms with van der Waals surface area (Å²) >= 11 is 1.33. The molecule has 0 bridgehead atoms. The van der Waals surface area contributed by atoms with E-state index in [1.54, 1.807) is 12.1 Å². The number of rotatable bonds is 6. The van der Waals surface area contributed by atoms with Gasteiger partial charge in [0.2, 0.25) is 0 Å². The smallest absolute Gasteiger partial charge is 0.196 e. The van der Waals surface area contributed by atoms with Crippen LogP contribution >= 0.6 is 11.8 Å². The molecule has 0 amide bonds. The summed E-state index contributed by atoms with van der Waals surface area (Å²) in [5.41, 5.74) is 0.779. The Hall–Kier alpha value is -1.73. The first-order valence-electron chi connectivity index (χ1n) is 6.90. The van der Waals surface area contributed by atoms with Crippen molar-refractivity contribution in [1.82, 2.24) is 19.7 Å². The van der Waals surface area contributed by atoms with Gasteiger partial charge in [-0.3, -0.25) is 14.3 Å². The number of hydrogen-bond donors (Lipinski definition) is 0. The molecule has 0 fully saturated rings. The number of thioether (sulfide) groups is 1. The van der Waals surface area contributed by atoms with Gasteiger partial charge in [0.15, 0.2) is 11.0 Å². The Morgan fingerprint density at radius 1 is 1.32 bits per heavy atom. The largest absolute Gasteiger partial charge is 0.300 e. The molecule has 118 valence electrons. The van der Waals surface area contributed by atoms with Gasteiger partial charge in [-0.1, -0.05) is 11.8 Å². The van der Waals surface area contributed by atoms with Crippen molar-refractivity contribution in [2.45, 2.75) is 25.0 Å². The molecule has 1 atom stereocenters. The summed E-state index contributed by atoms with van der Waals surface area (Å²) in [6, 6.07) is 6.20. The van der Waals surface area contributed by atoms with Gasteiger partial charge in [-0.2, -0.15) is 0 Å².